The summed E-state index contributed by atoms with van der Waals surface area (Å²) >= 11 is 0. The Morgan fingerprint density at radius 3 is 2.81 bits per heavy atom. The fourth-order valence-electron chi connectivity index (χ4n) is 1.75. The maximum atomic E-state index is 11.9. The average molecular weight is 285 g/mol. The van der Waals surface area contributed by atoms with Crippen LogP contribution in [0.1, 0.15) is 15.9 Å². The van der Waals surface area contributed by atoms with Crippen LogP contribution in [-0.4, -0.2) is 21.9 Å². The van der Waals surface area contributed by atoms with Gasteiger partial charge in [0.15, 0.2) is 12.4 Å². The number of rotatable bonds is 5. The molecule has 106 valence electrons. The first-order chi connectivity index (χ1) is 10.0. The number of nitro benzene ring substituents is 1. The van der Waals surface area contributed by atoms with Gasteiger partial charge in [0.2, 0.25) is 5.78 Å². The third-order valence-electron chi connectivity index (χ3n) is 2.80. The zero-order chi connectivity index (χ0) is 15.4. The van der Waals surface area contributed by atoms with E-state index >= 15 is 0 Å². The first kappa shape index (κ1) is 14.3. The van der Waals surface area contributed by atoms with Crippen LogP contribution in [-0.2, 0) is 7.05 Å². The lowest BCUT2D eigenvalue weighted by Crippen LogP contribution is -2.11. The van der Waals surface area contributed by atoms with Crippen molar-refractivity contribution in [1.82, 2.24) is 4.57 Å². The number of hydrogen-bond acceptors (Lipinski definition) is 5. The van der Waals surface area contributed by atoms with Gasteiger partial charge in [0.05, 0.1) is 16.6 Å². The van der Waals surface area contributed by atoms with E-state index in [1.165, 1.54) is 12.1 Å². The highest BCUT2D eigenvalue weighted by Gasteiger charge is 2.17. The molecule has 0 aliphatic heterocycles. The monoisotopic (exact) mass is 285 g/mol. The van der Waals surface area contributed by atoms with E-state index in [0.717, 1.165) is 6.07 Å². The molecule has 0 aliphatic carbocycles. The minimum Gasteiger partial charge on any atom is -0.478 e. The first-order valence-electron chi connectivity index (χ1n) is 5.98. The summed E-state index contributed by atoms with van der Waals surface area (Å²) in [5.74, 6) is -0.322. The lowest BCUT2D eigenvalue weighted by molar-refractivity contribution is -0.385. The Bertz CT molecular complexity index is 743. The number of carbonyl (C=O) groups excluding carboxylic acids is 1. The van der Waals surface area contributed by atoms with Crippen LogP contribution in [0, 0.1) is 21.4 Å². The van der Waals surface area contributed by atoms with Gasteiger partial charge >= 0.3 is 5.69 Å². The van der Waals surface area contributed by atoms with E-state index in [1.54, 1.807) is 30.1 Å². The number of benzene rings is 1. The van der Waals surface area contributed by atoms with Crippen LogP contribution in [0.15, 0.2) is 36.7 Å². The Kier molecular flexibility index (Phi) is 4.00. The van der Waals surface area contributed by atoms with Crippen LogP contribution in [0.3, 0.4) is 0 Å². The van der Waals surface area contributed by atoms with E-state index in [-0.39, 0.29) is 29.4 Å². The lowest BCUT2D eigenvalue weighted by atomic mass is 10.2. The Balaban J connectivity index is 2.15. The number of aryl methyl sites for hydroxylation is 1. The van der Waals surface area contributed by atoms with Crippen molar-refractivity contribution in [2.45, 2.75) is 0 Å². The molecule has 0 saturated carbocycles. The number of Topliss-reactive ketones (excluding diaryl/α,β-unsaturated/α-hetero) is 1. The van der Waals surface area contributed by atoms with Gasteiger partial charge in [-0.15, -0.1) is 0 Å². The van der Waals surface area contributed by atoms with Gasteiger partial charge in [0, 0.05) is 31.1 Å². The summed E-state index contributed by atoms with van der Waals surface area (Å²) < 4.78 is 6.93. The zero-order valence-corrected chi connectivity index (χ0v) is 11.1. The summed E-state index contributed by atoms with van der Waals surface area (Å²) in [7, 11) is 1.78. The van der Waals surface area contributed by atoms with E-state index in [9.17, 15) is 14.9 Å². The highest BCUT2D eigenvalue weighted by molar-refractivity contribution is 5.97. The van der Waals surface area contributed by atoms with E-state index < -0.39 is 4.92 Å². The summed E-state index contributed by atoms with van der Waals surface area (Å²) in [6.07, 6.45) is 3.36. The van der Waals surface area contributed by atoms with Gasteiger partial charge in [-0.1, -0.05) is 0 Å². The van der Waals surface area contributed by atoms with Crippen molar-refractivity contribution in [2.24, 2.45) is 7.05 Å². The SMILES string of the molecule is Cn1ccc(C(=O)COc2ccc(C#N)cc2[N+](=O)[O-])c1. The van der Waals surface area contributed by atoms with Crippen molar-refractivity contribution >= 4 is 11.5 Å². The molecule has 0 N–H and O–H groups in total. The third-order valence-corrected chi connectivity index (χ3v) is 2.80. The molecule has 2 aromatic rings. The zero-order valence-electron chi connectivity index (χ0n) is 11.1. The molecule has 7 heteroatoms. The normalized spacial score (nSPS) is 9.90. The number of nitro groups is 1. The summed E-state index contributed by atoms with van der Waals surface area (Å²) in [6, 6.07) is 7.28. The summed E-state index contributed by atoms with van der Waals surface area (Å²) in [5.41, 5.74) is 0.284. The van der Waals surface area contributed by atoms with Gasteiger partial charge < -0.3 is 9.30 Å². The highest BCUT2D eigenvalue weighted by atomic mass is 16.6. The van der Waals surface area contributed by atoms with Crippen molar-refractivity contribution in [1.29, 1.82) is 5.26 Å². The molecule has 0 unspecified atom stereocenters. The Hall–Kier alpha value is -3.14. The molecule has 1 aromatic carbocycles. The molecule has 2 rings (SSSR count). The van der Waals surface area contributed by atoms with Crippen LogP contribution in [0.2, 0.25) is 0 Å². The second-order valence-corrected chi connectivity index (χ2v) is 4.33. The maximum Gasteiger partial charge on any atom is 0.312 e. The van der Waals surface area contributed by atoms with Crippen molar-refractivity contribution in [2.75, 3.05) is 6.61 Å². The van der Waals surface area contributed by atoms with Gasteiger partial charge in [-0.25, -0.2) is 0 Å². The minimum absolute atomic E-state index is 0.0386. The molecule has 0 bridgehead atoms. The largest absolute Gasteiger partial charge is 0.478 e. The second-order valence-electron chi connectivity index (χ2n) is 4.33. The van der Waals surface area contributed by atoms with E-state index in [4.69, 9.17) is 10.00 Å². The quantitative estimate of drug-likeness (QED) is 0.475. The minimum atomic E-state index is -0.650. The molecule has 1 heterocycles. The molecule has 0 atom stereocenters. The molecular weight excluding hydrogens is 274 g/mol. The number of carbonyl (C=O) groups is 1. The number of ketones is 1. The lowest BCUT2D eigenvalue weighted by Gasteiger charge is -2.05. The molecule has 0 aliphatic rings. The van der Waals surface area contributed by atoms with Gasteiger partial charge in [-0.05, 0) is 18.2 Å². The van der Waals surface area contributed by atoms with Gasteiger partial charge in [-0.2, -0.15) is 5.26 Å². The highest BCUT2D eigenvalue weighted by Crippen LogP contribution is 2.27. The molecule has 0 radical (unpaired) electrons. The maximum absolute atomic E-state index is 11.9. The fraction of sp³-hybridized carbons (Fsp3) is 0.143. The molecule has 0 amide bonds. The Labute approximate surface area is 120 Å². The molecule has 1 aromatic heterocycles. The molecule has 0 spiro atoms. The van der Waals surface area contributed by atoms with Gasteiger partial charge in [0.25, 0.3) is 0 Å². The average Bonchev–Trinajstić information content (AvgIpc) is 2.91. The fourth-order valence-corrected chi connectivity index (χ4v) is 1.75. The van der Waals surface area contributed by atoms with Gasteiger partial charge in [0.1, 0.15) is 0 Å². The van der Waals surface area contributed by atoms with Gasteiger partial charge in [-0.3, -0.25) is 14.9 Å². The second kappa shape index (κ2) is 5.88. The number of ether oxygens (including phenoxy) is 1. The van der Waals surface area contributed by atoms with Crippen LogP contribution in [0.5, 0.6) is 5.75 Å². The number of aromatic nitrogens is 1. The topological polar surface area (TPSA) is 98.2 Å². The molecule has 0 saturated heterocycles. The van der Waals surface area contributed by atoms with E-state index in [2.05, 4.69) is 0 Å². The first-order valence-corrected chi connectivity index (χ1v) is 5.98. The smallest absolute Gasteiger partial charge is 0.312 e. The molecule has 7 nitrogen and oxygen atoms in total. The summed E-state index contributed by atoms with van der Waals surface area (Å²) in [6.45, 7) is -0.309. The van der Waals surface area contributed by atoms with Crippen molar-refractivity contribution in [3.63, 3.8) is 0 Å². The van der Waals surface area contributed by atoms with E-state index in [1.807, 2.05) is 6.07 Å². The molecule has 0 fully saturated rings. The molecular formula is C14H11N3O4. The van der Waals surface area contributed by atoms with Crippen molar-refractivity contribution < 1.29 is 14.5 Å². The number of nitrogens with zero attached hydrogens (tertiary/aromatic N) is 3. The van der Waals surface area contributed by atoms with Crippen LogP contribution in [0.4, 0.5) is 5.69 Å². The van der Waals surface area contributed by atoms with Crippen LogP contribution in [0.25, 0.3) is 0 Å². The third kappa shape index (κ3) is 3.25. The van der Waals surface area contributed by atoms with Crippen molar-refractivity contribution in [3.8, 4) is 11.8 Å². The van der Waals surface area contributed by atoms with E-state index in [0.29, 0.717) is 5.56 Å². The molecule has 21 heavy (non-hydrogen) atoms. The summed E-state index contributed by atoms with van der Waals surface area (Å²) in [5, 5.41) is 19.7. The number of hydrogen-bond donors (Lipinski definition) is 0. The van der Waals surface area contributed by atoms with Crippen LogP contribution < -0.4 is 4.74 Å². The Morgan fingerprint density at radius 1 is 1.48 bits per heavy atom. The summed E-state index contributed by atoms with van der Waals surface area (Å²) in [4.78, 5) is 22.2. The predicted octanol–water partition coefficient (Wildman–Crippen LogP) is 2.07. The number of nitriles is 1. The van der Waals surface area contributed by atoms with Crippen LogP contribution >= 0.6 is 0 Å². The Morgan fingerprint density at radius 2 is 2.24 bits per heavy atom. The standard InChI is InChI=1S/C14H11N3O4/c1-16-5-4-11(8-16)13(18)9-21-14-3-2-10(7-15)6-12(14)17(19)20/h2-6,8H,9H2,1H3. The van der Waals surface area contributed by atoms with Crippen molar-refractivity contribution in [3.05, 3.63) is 57.9 Å². The predicted molar refractivity (Wildman–Crippen MR) is 73.0 cm³/mol.